The van der Waals surface area contributed by atoms with E-state index in [1.807, 2.05) is 26.0 Å². The molecule has 5 nitrogen and oxygen atoms in total. The van der Waals surface area contributed by atoms with Gasteiger partial charge in [-0.1, -0.05) is 0 Å². The van der Waals surface area contributed by atoms with Gasteiger partial charge in [0.25, 0.3) is 0 Å². The third-order valence-corrected chi connectivity index (χ3v) is 3.08. The van der Waals surface area contributed by atoms with Crippen LogP contribution in [0.25, 0.3) is 5.69 Å². The van der Waals surface area contributed by atoms with Gasteiger partial charge >= 0.3 is 0 Å². The van der Waals surface area contributed by atoms with Gasteiger partial charge in [0.15, 0.2) is 6.29 Å². The molecular formula is C14H16N2O3. The summed E-state index contributed by atoms with van der Waals surface area (Å²) in [6.45, 7) is 3.66. The number of carbonyl (C=O) groups is 1. The average Bonchev–Trinajstić information content (AvgIpc) is 2.72. The van der Waals surface area contributed by atoms with Crippen LogP contribution in [0, 0.1) is 13.8 Å². The molecular weight excluding hydrogens is 244 g/mol. The fraction of sp³-hybridized carbons (Fsp3) is 0.286. The minimum atomic E-state index is 0.609. The summed E-state index contributed by atoms with van der Waals surface area (Å²) in [4.78, 5) is 11.0. The van der Waals surface area contributed by atoms with E-state index in [9.17, 15) is 4.79 Å². The van der Waals surface area contributed by atoms with Crippen LogP contribution in [0.1, 0.15) is 21.7 Å². The van der Waals surface area contributed by atoms with Crippen LogP contribution >= 0.6 is 0 Å². The summed E-state index contributed by atoms with van der Waals surface area (Å²) in [5.41, 5.74) is 2.87. The normalized spacial score (nSPS) is 10.3. The van der Waals surface area contributed by atoms with Gasteiger partial charge in [0.1, 0.15) is 17.2 Å². The van der Waals surface area contributed by atoms with Gasteiger partial charge in [0.2, 0.25) is 0 Å². The maximum Gasteiger partial charge on any atom is 0.153 e. The zero-order valence-corrected chi connectivity index (χ0v) is 11.4. The lowest BCUT2D eigenvalue weighted by Crippen LogP contribution is -2.02. The Morgan fingerprint density at radius 3 is 2.47 bits per heavy atom. The third kappa shape index (κ3) is 2.19. The van der Waals surface area contributed by atoms with Crippen molar-refractivity contribution >= 4 is 6.29 Å². The van der Waals surface area contributed by atoms with Gasteiger partial charge in [-0.05, 0) is 26.0 Å². The van der Waals surface area contributed by atoms with Crippen molar-refractivity contribution < 1.29 is 14.3 Å². The van der Waals surface area contributed by atoms with E-state index in [0.29, 0.717) is 22.8 Å². The molecule has 0 saturated heterocycles. The second-order valence-corrected chi connectivity index (χ2v) is 4.15. The van der Waals surface area contributed by atoms with Crippen molar-refractivity contribution in [2.45, 2.75) is 13.8 Å². The zero-order valence-electron chi connectivity index (χ0n) is 11.4. The Balaban J connectivity index is 2.61. The zero-order chi connectivity index (χ0) is 14.0. The molecule has 0 aliphatic carbocycles. The lowest BCUT2D eigenvalue weighted by molar-refractivity contribution is 0.112. The number of ether oxygens (including phenoxy) is 2. The van der Waals surface area contributed by atoms with E-state index in [0.717, 1.165) is 17.7 Å². The maximum absolute atomic E-state index is 11.0. The number of aryl methyl sites for hydroxylation is 1. The minimum Gasteiger partial charge on any atom is -0.497 e. The molecule has 1 heterocycles. The summed E-state index contributed by atoms with van der Waals surface area (Å²) >= 11 is 0. The van der Waals surface area contributed by atoms with Crippen LogP contribution in [-0.4, -0.2) is 30.3 Å². The van der Waals surface area contributed by atoms with Gasteiger partial charge < -0.3 is 9.47 Å². The Kier molecular flexibility index (Phi) is 3.55. The van der Waals surface area contributed by atoms with E-state index in [4.69, 9.17) is 9.47 Å². The number of nitrogens with zero attached hydrogens (tertiary/aromatic N) is 2. The fourth-order valence-electron chi connectivity index (χ4n) is 2.02. The Bertz CT molecular complexity index is 617. The molecule has 0 unspecified atom stereocenters. The van der Waals surface area contributed by atoms with Gasteiger partial charge in [0.05, 0.1) is 31.2 Å². The van der Waals surface area contributed by atoms with E-state index >= 15 is 0 Å². The molecule has 0 saturated carbocycles. The van der Waals surface area contributed by atoms with Gasteiger partial charge in [-0.2, -0.15) is 5.10 Å². The molecule has 2 aromatic rings. The second-order valence-electron chi connectivity index (χ2n) is 4.15. The Morgan fingerprint density at radius 1 is 1.21 bits per heavy atom. The van der Waals surface area contributed by atoms with Crippen molar-refractivity contribution in [2.75, 3.05) is 14.2 Å². The number of hydrogen-bond donors (Lipinski definition) is 0. The molecule has 1 aromatic carbocycles. The van der Waals surface area contributed by atoms with E-state index < -0.39 is 0 Å². The van der Waals surface area contributed by atoms with E-state index in [-0.39, 0.29) is 0 Å². The highest BCUT2D eigenvalue weighted by Gasteiger charge is 2.15. The lowest BCUT2D eigenvalue weighted by atomic mass is 10.2. The van der Waals surface area contributed by atoms with Crippen LogP contribution < -0.4 is 9.47 Å². The van der Waals surface area contributed by atoms with Gasteiger partial charge in [-0.3, -0.25) is 4.79 Å². The standard InChI is InChI=1S/C14H16N2O3/c1-9-12(8-17)10(2)16(15-9)13-6-5-11(18-3)7-14(13)19-4/h5-8H,1-4H3. The van der Waals surface area contributed by atoms with Crippen molar-refractivity contribution in [3.8, 4) is 17.2 Å². The maximum atomic E-state index is 11.0. The number of methoxy groups -OCH3 is 2. The summed E-state index contributed by atoms with van der Waals surface area (Å²) in [5, 5.41) is 4.38. The number of carbonyl (C=O) groups excluding carboxylic acids is 1. The average molecular weight is 260 g/mol. The Morgan fingerprint density at radius 2 is 1.95 bits per heavy atom. The van der Waals surface area contributed by atoms with Crippen LogP contribution in [0.15, 0.2) is 18.2 Å². The summed E-state index contributed by atoms with van der Waals surface area (Å²) in [6.07, 6.45) is 0.824. The van der Waals surface area contributed by atoms with Crippen LogP contribution in [0.4, 0.5) is 0 Å². The topological polar surface area (TPSA) is 53.4 Å². The molecule has 100 valence electrons. The molecule has 2 rings (SSSR count). The van der Waals surface area contributed by atoms with Crippen LogP contribution in [-0.2, 0) is 0 Å². The van der Waals surface area contributed by atoms with Crippen molar-refractivity contribution in [2.24, 2.45) is 0 Å². The Labute approximate surface area is 111 Å². The molecule has 0 N–H and O–H groups in total. The molecule has 0 fully saturated rings. The fourth-order valence-corrected chi connectivity index (χ4v) is 2.02. The first-order chi connectivity index (χ1) is 9.12. The highest BCUT2D eigenvalue weighted by atomic mass is 16.5. The molecule has 19 heavy (non-hydrogen) atoms. The molecule has 0 spiro atoms. The molecule has 0 aliphatic heterocycles. The van der Waals surface area contributed by atoms with Gasteiger partial charge in [-0.15, -0.1) is 0 Å². The molecule has 0 atom stereocenters. The quantitative estimate of drug-likeness (QED) is 0.792. The van der Waals surface area contributed by atoms with Gasteiger partial charge in [-0.25, -0.2) is 4.68 Å². The predicted octanol–water partition coefficient (Wildman–Crippen LogP) is 2.32. The summed E-state index contributed by atoms with van der Waals surface area (Å²) in [7, 11) is 3.19. The number of benzene rings is 1. The molecule has 1 aromatic heterocycles. The number of hydrogen-bond acceptors (Lipinski definition) is 4. The first-order valence-electron chi connectivity index (χ1n) is 5.86. The summed E-state index contributed by atoms with van der Waals surface area (Å²) < 4.78 is 12.2. The third-order valence-electron chi connectivity index (χ3n) is 3.08. The number of aldehydes is 1. The van der Waals surface area contributed by atoms with Crippen LogP contribution in [0.3, 0.4) is 0 Å². The van der Waals surface area contributed by atoms with Crippen molar-refractivity contribution in [1.29, 1.82) is 0 Å². The SMILES string of the molecule is COc1ccc(-n2nc(C)c(C=O)c2C)c(OC)c1. The van der Waals surface area contributed by atoms with E-state index in [1.165, 1.54) is 0 Å². The molecule has 0 aliphatic rings. The summed E-state index contributed by atoms with van der Waals surface area (Å²) in [5.74, 6) is 1.35. The highest BCUT2D eigenvalue weighted by molar-refractivity contribution is 5.78. The lowest BCUT2D eigenvalue weighted by Gasteiger charge is -2.11. The van der Waals surface area contributed by atoms with E-state index in [2.05, 4.69) is 5.10 Å². The largest absolute Gasteiger partial charge is 0.497 e. The first kappa shape index (κ1) is 13.1. The van der Waals surface area contributed by atoms with Crippen LogP contribution in [0.5, 0.6) is 11.5 Å². The first-order valence-corrected chi connectivity index (χ1v) is 5.86. The molecule has 0 bridgehead atoms. The second kappa shape index (κ2) is 5.14. The molecule has 0 amide bonds. The summed E-state index contributed by atoms with van der Waals surface area (Å²) in [6, 6.07) is 5.47. The number of rotatable bonds is 4. The van der Waals surface area contributed by atoms with Crippen molar-refractivity contribution in [1.82, 2.24) is 9.78 Å². The predicted molar refractivity (Wildman–Crippen MR) is 71.5 cm³/mol. The highest BCUT2D eigenvalue weighted by Crippen LogP contribution is 2.29. The monoisotopic (exact) mass is 260 g/mol. The Hall–Kier alpha value is -2.30. The van der Waals surface area contributed by atoms with Gasteiger partial charge in [0, 0.05) is 6.07 Å². The van der Waals surface area contributed by atoms with Crippen LogP contribution in [0.2, 0.25) is 0 Å². The van der Waals surface area contributed by atoms with Crippen molar-refractivity contribution in [3.63, 3.8) is 0 Å². The minimum absolute atomic E-state index is 0.609. The smallest absolute Gasteiger partial charge is 0.153 e. The number of aromatic nitrogens is 2. The molecule has 0 radical (unpaired) electrons. The van der Waals surface area contributed by atoms with E-state index in [1.54, 1.807) is 25.0 Å². The van der Waals surface area contributed by atoms with Crippen molar-refractivity contribution in [3.05, 3.63) is 35.2 Å². The molecule has 5 heteroatoms.